The number of aliphatic hydroxyl groups is 1. The quantitative estimate of drug-likeness (QED) is 0.462. The molecule has 0 heterocycles. The van der Waals surface area contributed by atoms with Gasteiger partial charge in [0.1, 0.15) is 29.6 Å². The molecule has 2 atom stereocenters. The third-order valence-corrected chi connectivity index (χ3v) is 7.27. The molecule has 2 aromatic rings. The number of nitriles is 2. The van der Waals surface area contributed by atoms with Crippen LogP contribution in [0, 0.1) is 22.7 Å². The van der Waals surface area contributed by atoms with Gasteiger partial charge in [0.2, 0.25) is 0 Å². The van der Waals surface area contributed by atoms with Crippen molar-refractivity contribution in [2.45, 2.75) is 49.8 Å². The number of ether oxygens (including phenoxy) is 1. The number of allylic oxidation sites excluding steroid dienone is 1. The molecule has 0 aliphatic carbocycles. The van der Waals surface area contributed by atoms with Gasteiger partial charge in [-0.1, -0.05) is 30.3 Å². The van der Waals surface area contributed by atoms with Crippen LogP contribution in [0.4, 0.5) is 4.79 Å². The zero-order chi connectivity index (χ0) is 27.8. The summed E-state index contributed by atoms with van der Waals surface area (Å²) in [7, 11) is -2.94. The maximum Gasteiger partial charge on any atom is 0.263 e. The Balaban J connectivity index is 2.58. The molecule has 2 aromatic carbocycles. The van der Waals surface area contributed by atoms with E-state index in [9.17, 15) is 33.9 Å². The number of carbonyl (C=O) groups is 1. The van der Waals surface area contributed by atoms with Gasteiger partial charge < -0.3 is 24.6 Å². The largest absolute Gasteiger partial charge is 0.530 e. The van der Waals surface area contributed by atoms with Crippen LogP contribution in [0.5, 0.6) is 5.75 Å². The van der Waals surface area contributed by atoms with Gasteiger partial charge in [0.25, 0.3) is 10.0 Å². The first-order valence-electron chi connectivity index (χ1n) is 11.3. The molecule has 37 heavy (non-hydrogen) atoms. The predicted molar refractivity (Wildman–Crippen MR) is 133 cm³/mol. The first kappa shape index (κ1) is 29.2. The summed E-state index contributed by atoms with van der Waals surface area (Å²) in [6.07, 6.45) is -2.23. The number of nitrogens with zero attached hydrogens (tertiary/aromatic N) is 4. The van der Waals surface area contributed by atoms with Crippen molar-refractivity contribution in [3.63, 3.8) is 0 Å². The Labute approximate surface area is 217 Å². The molecule has 0 fully saturated rings. The Morgan fingerprint density at radius 1 is 1.11 bits per heavy atom. The fourth-order valence-corrected chi connectivity index (χ4v) is 5.14. The van der Waals surface area contributed by atoms with Crippen molar-refractivity contribution in [2.75, 3.05) is 13.7 Å². The number of rotatable bonds is 10. The van der Waals surface area contributed by atoms with Gasteiger partial charge in [0, 0.05) is 11.7 Å². The molecule has 0 radical (unpaired) electrons. The standard InChI is InChI=1S/C26H30N4O6S/c1-26(2,3)30(25(32)33)23(14-19-8-6-5-7-9-19)24(31)18-29(17-20(15-27)16-28)37(34,35)22-12-10-21(36-4)11-13-22/h5-13,17,23-24,31H,14,18H2,1-4H3,(H,32,33)/p-1/t23-,24+/m0/s1. The number of sulfonamides is 1. The highest BCUT2D eigenvalue weighted by atomic mass is 32.2. The number of methoxy groups -OCH3 is 1. The second-order valence-corrected chi connectivity index (χ2v) is 11.0. The van der Waals surface area contributed by atoms with Crippen molar-refractivity contribution >= 4 is 16.1 Å². The maximum atomic E-state index is 13.5. The van der Waals surface area contributed by atoms with Gasteiger partial charge in [-0.05, 0) is 57.0 Å². The van der Waals surface area contributed by atoms with Crippen LogP contribution in [0.2, 0.25) is 0 Å². The van der Waals surface area contributed by atoms with E-state index in [0.717, 1.165) is 11.1 Å². The third-order valence-electron chi connectivity index (χ3n) is 5.53. The highest BCUT2D eigenvalue weighted by Gasteiger charge is 2.36. The average molecular weight is 526 g/mol. The van der Waals surface area contributed by atoms with E-state index >= 15 is 0 Å². The predicted octanol–water partition coefficient (Wildman–Crippen LogP) is 2.03. The Kier molecular flexibility index (Phi) is 9.67. The van der Waals surface area contributed by atoms with E-state index in [4.69, 9.17) is 4.74 Å². The fourth-order valence-electron chi connectivity index (χ4n) is 3.80. The summed E-state index contributed by atoms with van der Waals surface area (Å²) in [5.74, 6) is 0.411. The van der Waals surface area contributed by atoms with Gasteiger partial charge >= 0.3 is 0 Å². The minimum absolute atomic E-state index is 0.0523. The van der Waals surface area contributed by atoms with Crippen molar-refractivity contribution in [1.82, 2.24) is 9.21 Å². The number of amides is 1. The molecule has 1 N–H and O–H groups in total. The number of carbonyl (C=O) groups excluding carboxylic acids is 1. The molecule has 11 heteroatoms. The molecule has 0 saturated carbocycles. The summed E-state index contributed by atoms with van der Waals surface area (Å²) < 4.78 is 32.7. The van der Waals surface area contributed by atoms with Gasteiger partial charge in [-0.25, -0.2) is 8.42 Å². The number of benzene rings is 2. The Hall–Kier alpha value is -4.06. The maximum absolute atomic E-state index is 13.5. The van der Waals surface area contributed by atoms with Crippen molar-refractivity contribution < 1.29 is 28.2 Å². The molecule has 0 spiro atoms. The van der Waals surface area contributed by atoms with Gasteiger partial charge in [0.15, 0.2) is 0 Å². The highest BCUT2D eigenvalue weighted by molar-refractivity contribution is 7.89. The normalized spacial score (nSPS) is 12.8. The number of carboxylic acid groups (broad SMARTS) is 1. The van der Waals surface area contributed by atoms with Crippen LogP contribution < -0.4 is 9.84 Å². The van der Waals surface area contributed by atoms with Crippen LogP contribution in [0.25, 0.3) is 0 Å². The van der Waals surface area contributed by atoms with Gasteiger partial charge in [-0.2, -0.15) is 10.5 Å². The topological polar surface area (TPSA) is 158 Å². The zero-order valence-electron chi connectivity index (χ0n) is 21.0. The van der Waals surface area contributed by atoms with E-state index in [1.54, 1.807) is 63.2 Å². The van der Waals surface area contributed by atoms with E-state index in [0.29, 0.717) is 15.6 Å². The summed E-state index contributed by atoms with van der Waals surface area (Å²) >= 11 is 0. The first-order valence-corrected chi connectivity index (χ1v) is 12.7. The Morgan fingerprint density at radius 2 is 1.68 bits per heavy atom. The second-order valence-electron chi connectivity index (χ2n) is 9.15. The average Bonchev–Trinajstić information content (AvgIpc) is 2.85. The lowest BCUT2D eigenvalue weighted by molar-refractivity contribution is -0.275. The molecule has 196 valence electrons. The number of hydrogen-bond donors (Lipinski definition) is 1. The van der Waals surface area contributed by atoms with Gasteiger partial charge in [0.05, 0.1) is 30.7 Å². The van der Waals surface area contributed by atoms with E-state index in [2.05, 4.69) is 0 Å². The zero-order valence-corrected chi connectivity index (χ0v) is 21.8. The molecular weight excluding hydrogens is 496 g/mol. The van der Waals surface area contributed by atoms with Gasteiger partial charge in [-0.15, -0.1) is 0 Å². The third kappa shape index (κ3) is 7.46. The monoisotopic (exact) mass is 525 g/mol. The van der Waals surface area contributed by atoms with Crippen LogP contribution in [-0.2, 0) is 16.4 Å². The SMILES string of the molecule is COc1ccc(S(=O)(=O)N(C=C(C#N)C#N)C[C@@H](O)[C@H](Cc2ccccc2)N(C(=O)[O-])C(C)(C)C)cc1. The highest BCUT2D eigenvalue weighted by Crippen LogP contribution is 2.25. The Bertz CT molecular complexity index is 1270. The summed E-state index contributed by atoms with van der Waals surface area (Å²) in [6, 6.07) is 16.3. The second kappa shape index (κ2) is 12.3. The molecule has 2 rings (SSSR count). The van der Waals surface area contributed by atoms with Crippen molar-refractivity contribution in [3.05, 3.63) is 71.9 Å². The Morgan fingerprint density at radius 3 is 2.14 bits per heavy atom. The first-order chi connectivity index (χ1) is 17.3. The van der Waals surface area contributed by atoms with Crippen LogP contribution in [0.1, 0.15) is 26.3 Å². The minimum atomic E-state index is -4.37. The lowest BCUT2D eigenvalue weighted by Gasteiger charge is -2.46. The lowest BCUT2D eigenvalue weighted by atomic mass is 9.94. The molecule has 10 nitrogen and oxygen atoms in total. The summed E-state index contributed by atoms with van der Waals surface area (Å²) in [4.78, 5) is 13.0. The van der Waals surface area contributed by atoms with Crippen molar-refractivity contribution in [1.29, 1.82) is 10.5 Å². The smallest absolute Gasteiger partial charge is 0.263 e. The minimum Gasteiger partial charge on any atom is -0.530 e. The van der Waals surface area contributed by atoms with Crippen molar-refractivity contribution in [3.8, 4) is 17.9 Å². The van der Waals surface area contributed by atoms with E-state index in [1.165, 1.54) is 31.4 Å². The van der Waals surface area contributed by atoms with Crippen LogP contribution in [0.15, 0.2) is 71.3 Å². The van der Waals surface area contributed by atoms with E-state index in [1.807, 2.05) is 0 Å². The molecule has 0 aromatic heterocycles. The van der Waals surface area contributed by atoms with Crippen molar-refractivity contribution in [2.24, 2.45) is 0 Å². The molecule has 0 aliphatic heterocycles. The molecule has 0 saturated heterocycles. The fraction of sp³-hybridized carbons (Fsp3) is 0.346. The van der Waals surface area contributed by atoms with E-state index in [-0.39, 0.29) is 11.3 Å². The molecule has 0 bridgehead atoms. The molecular formula is C26H29N4O6S-. The molecule has 0 aliphatic rings. The molecule has 1 amide bonds. The summed E-state index contributed by atoms with van der Waals surface area (Å²) in [5.41, 5.74) is -0.812. The number of hydrogen-bond acceptors (Lipinski definition) is 8. The number of aliphatic hydroxyl groups excluding tert-OH is 1. The lowest BCUT2D eigenvalue weighted by Crippen LogP contribution is -2.61. The summed E-state index contributed by atoms with van der Waals surface area (Å²) in [6.45, 7) is 4.24. The van der Waals surface area contributed by atoms with Crippen LogP contribution in [0.3, 0.4) is 0 Å². The van der Waals surface area contributed by atoms with Crippen LogP contribution in [-0.4, -0.2) is 60.2 Å². The molecule has 0 unspecified atom stereocenters. The summed E-state index contributed by atoms with van der Waals surface area (Å²) in [5, 5.41) is 42.0. The van der Waals surface area contributed by atoms with Crippen LogP contribution >= 0.6 is 0 Å². The van der Waals surface area contributed by atoms with Gasteiger partial charge in [-0.3, -0.25) is 4.31 Å². The van der Waals surface area contributed by atoms with E-state index < -0.39 is 45.9 Å².